The fourth-order valence-corrected chi connectivity index (χ4v) is 4.71. The third kappa shape index (κ3) is 3.30. The van der Waals surface area contributed by atoms with Crippen molar-refractivity contribution < 1.29 is 9.53 Å². The molecule has 6 heteroatoms. The van der Waals surface area contributed by atoms with Crippen LogP contribution in [0.3, 0.4) is 0 Å². The maximum absolute atomic E-state index is 12.5. The number of hydrogen-bond acceptors (Lipinski definition) is 4. The highest BCUT2D eigenvalue weighted by molar-refractivity contribution is 9.10. The lowest BCUT2D eigenvalue weighted by Crippen LogP contribution is -2.22. The minimum absolute atomic E-state index is 0.0993. The average Bonchev–Trinajstić information content (AvgIpc) is 2.90. The van der Waals surface area contributed by atoms with E-state index in [1.165, 1.54) is 11.3 Å². The number of ether oxygens (including phenoxy) is 1. The Morgan fingerprint density at radius 3 is 2.67 bits per heavy atom. The zero-order valence-electron chi connectivity index (χ0n) is 13.6. The summed E-state index contributed by atoms with van der Waals surface area (Å²) in [7, 11) is 1.63. The number of nitrogens with zero attached hydrogens (tertiary/aromatic N) is 1. The largest absolute Gasteiger partial charge is 0.497 e. The summed E-state index contributed by atoms with van der Waals surface area (Å²) < 4.78 is 5.95. The van der Waals surface area contributed by atoms with Crippen molar-refractivity contribution in [1.29, 1.82) is 0 Å². The number of amides is 1. The van der Waals surface area contributed by atoms with E-state index in [1.807, 2.05) is 44.2 Å². The van der Waals surface area contributed by atoms with E-state index >= 15 is 0 Å². The summed E-state index contributed by atoms with van der Waals surface area (Å²) in [5.41, 5.74) is 3.10. The molecule has 0 unspecified atom stereocenters. The number of pyridine rings is 1. The maximum atomic E-state index is 12.5. The van der Waals surface area contributed by atoms with Crippen molar-refractivity contribution in [1.82, 2.24) is 10.3 Å². The molecule has 1 N–H and O–H groups in total. The van der Waals surface area contributed by atoms with Crippen molar-refractivity contribution >= 4 is 43.4 Å². The Morgan fingerprint density at radius 2 is 2.00 bits per heavy atom. The summed E-state index contributed by atoms with van der Waals surface area (Å²) >= 11 is 4.98. The van der Waals surface area contributed by atoms with Crippen LogP contribution in [0.5, 0.6) is 5.75 Å². The Balaban J connectivity index is 1.80. The molecule has 0 aliphatic carbocycles. The van der Waals surface area contributed by atoms with Gasteiger partial charge < -0.3 is 10.1 Å². The standard InChI is InChI=1S/C18H17BrN2O2S/c1-10-8-11(2)21-18-14(10)15(19)16(24-18)17(22)20-9-12-4-6-13(23-3)7-5-12/h4-8H,9H2,1-3H3,(H,20,22). The Morgan fingerprint density at radius 1 is 1.29 bits per heavy atom. The Kier molecular flexibility index (Phi) is 4.87. The molecule has 0 aliphatic heterocycles. The molecule has 0 saturated heterocycles. The minimum Gasteiger partial charge on any atom is -0.497 e. The molecule has 1 amide bonds. The minimum atomic E-state index is -0.0993. The smallest absolute Gasteiger partial charge is 0.262 e. The van der Waals surface area contributed by atoms with Gasteiger partial charge >= 0.3 is 0 Å². The average molecular weight is 405 g/mol. The van der Waals surface area contributed by atoms with Crippen LogP contribution >= 0.6 is 27.3 Å². The molecular formula is C18H17BrN2O2S. The summed E-state index contributed by atoms with van der Waals surface area (Å²) in [6, 6.07) is 9.67. The number of aryl methyl sites for hydroxylation is 2. The monoisotopic (exact) mass is 404 g/mol. The molecular weight excluding hydrogens is 388 g/mol. The number of rotatable bonds is 4. The van der Waals surface area contributed by atoms with Crippen molar-refractivity contribution in [2.45, 2.75) is 20.4 Å². The van der Waals surface area contributed by atoms with Crippen LogP contribution in [0.15, 0.2) is 34.8 Å². The second-order valence-corrected chi connectivity index (χ2v) is 7.33. The molecule has 2 heterocycles. The molecule has 3 aromatic rings. The molecule has 0 radical (unpaired) electrons. The first kappa shape index (κ1) is 16.9. The molecule has 0 aliphatic rings. The van der Waals surface area contributed by atoms with Gasteiger partial charge in [0, 0.05) is 17.6 Å². The normalized spacial score (nSPS) is 10.8. The molecule has 0 atom stereocenters. The third-order valence-electron chi connectivity index (χ3n) is 3.75. The molecule has 0 fully saturated rings. The van der Waals surface area contributed by atoms with E-state index in [9.17, 15) is 4.79 Å². The molecule has 0 saturated carbocycles. The number of halogens is 1. The number of aromatic nitrogens is 1. The molecule has 3 rings (SSSR count). The summed E-state index contributed by atoms with van der Waals surface area (Å²) in [5, 5.41) is 3.98. The van der Waals surface area contributed by atoms with Crippen LogP contribution < -0.4 is 10.1 Å². The number of hydrogen-bond donors (Lipinski definition) is 1. The van der Waals surface area contributed by atoms with Crippen molar-refractivity contribution in [3.05, 3.63) is 56.5 Å². The number of fused-ring (bicyclic) bond motifs is 1. The summed E-state index contributed by atoms with van der Waals surface area (Å²) in [5.74, 6) is 0.701. The topological polar surface area (TPSA) is 51.2 Å². The second-order valence-electron chi connectivity index (χ2n) is 5.54. The van der Waals surface area contributed by atoms with Crippen LogP contribution in [0, 0.1) is 13.8 Å². The predicted molar refractivity (Wildman–Crippen MR) is 101 cm³/mol. The van der Waals surface area contributed by atoms with Crippen LogP contribution in [0.2, 0.25) is 0 Å². The van der Waals surface area contributed by atoms with E-state index < -0.39 is 0 Å². The highest BCUT2D eigenvalue weighted by Gasteiger charge is 2.19. The number of nitrogens with one attached hydrogen (secondary N) is 1. The molecule has 24 heavy (non-hydrogen) atoms. The van der Waals surface area contributed by atoms with E-state index in [2.05, 4.69) is 26.2 Å². The highest BCUT2D eigenvalue weighted by Crippen LogP contribution is 2.36. The second kappa shape index (κ2) is 6.91. The number of thiophene rings is 1. The lowest BCUT2D eigenvalue weighted by Gasteiger charge is -2.05. The quantitative estimate of drug-likeness (QED) is 0.690. The van der Waals surface area contributed by atoms with Crippen molar-refractivity contribution in [2.75, 3.05) is 7.11 Å². The first-order valence-electron chi connectivity index (χ1n) is 7.47. The summed E-state index contributed by atoms with van der Waals surface area (Å²) in [4.78, 5) is 18.6. The van der Waals surface area contributed by atoms with Crippen LogP contribution in [-0.2, 0) is 6.54 Å². The van der Waals surface area contributed by atoms with E-state index in [0.29, 0.717) is 11.4 Å². The van der Waals surface area contributed by atoms with E-state index in [1.54, 1.807) is 7.11 Å². The zero-order valence-corrected chi connectivity index (χ0v) is 16.0. The number of methoxy groups -OCH3 is 1. The van der Waals surface area contributed by atoms with Crippen LogP contribution in [0.4, 0.5) is 0 Å². The third-order valence-corrected chi connectivity index (χ3v) is 5.89. The Labute approximate surface area is 153 Å². The Hall–Kier alpha value is -1.92. The molecule has 1 aromatic carbocycles. The molecule has 4 nitrogen and oxygen atoms in total. The van der Waals surface area contributed by atoms with Gasteiger partial charge in [-0.15, -0.1) is 11.3 Å². The van der Waals surface area contributed by atoms with Gasteiger partial charge in [-0.3, -0.25) is 4.79 Å². The molecule has 0 spiro atoms. The fraction of sp³-hybridized carbons (Fsp3) is 0.222. The van der Waals surface area contributed by atoms with Crippen molar-refractivity contribution in [3.8, 4) is 5.75 Å². The van der Waals surface area contributed by atoms with Gasteiger partial charge in [0.15, 0.2) is 0 Å². The van der Waals surface area contributed by atoms with E-state index in [0.717, 1.165) is 37.3 Å². The SMILES string of the molecule is COc1ccc(CNC(=O)c2sc3nc(C)cc(C)c3c2Br)cc1. The van der Waals surface area contributed by atoms with Crippen LogP contribution in [0.25, 0.3) is 10.2 Å². The summed E-state index contributed by atoms with van der Waals surface area (Å²) in [6.07, 6.45) is 0. The van der Waals surface area contributed by atoms with Gasteiger partial charge in [-0.1, -0.05) is 12.1 Å². The van der Waals surface area contributed by atoms with Crippen molar-refractivity contribution in [2.24, 2.45) is 0 Å². The first-order chi connectivity index (χ1) is 11.5. The van der Waals surface area contributed by atoms with Gasteiger partial charge in [0.25, 0.3) is 5.91 Å². The van der Waals surface area contributed by atoms with Gasteiger partial charge in [0.05, 0.1) is 11.6 Å². The predicted octanol–water partition coefficient (Wildman–Crippen LogP) is 4.61. The zero-order chi connectivity index (χ0) is 17.3. The highest BCUT2D eigenvalue weighted by atomic mass is 79.9. The van der Waals surface area contributed by atoms with Gasteiger partial charge in [-0.25, -0.2) is 4.98 Å². The maximum Gasteiger partial charge on any atom is 0.262 e. The molecule has 2 aromatic heterocycles. The number of carbonyl (C=O) groups excluding carboxylic acids is 1. The van der Waals surface area contributed by atoms with Gasteiger partial charge in [0.2, 0.25) is 0 Å². The molecule has 0 bridgehead atoms. The van der Waals surface area contributed by atoms with E-state index in [-0.39, 0.29) is 5.91 Å². The Bertz CT molecular complexity index is 904. The lowest BCUT2D eigenvalue weighted by atomic mass is 10.2. The first-order valence-corrected chi connectivity index (χ1v) is 9.08. The van der Waals surface area contributed by atoms with Gasteiger partial charge in [0.1, 0.15) is 15.5 Å². The van der Waals surface area contributed by atoms with Crippen molar-refractivity contribution in [3.63, 3.8) is 0 Å². The van der Waals surface area contributed by atoms with Gasteiger partial charge in [-0.2, -0.15) is 0 Å². The lowest BCUT2D eigenvalue weighted by molar-refractivity contribution is 0.0954. The van der Waals surface area contributed by atoms with Gasteiger partial charge in [-0.05, 0) is 59.1 Å². The van der Waals surface area contributed by atoms with E-state index in [4.69, 9.17) is 4.74 Å². The number of benzene rings is 1. The molecule has 124 valence electrons. The summed E-state index contributed by atoms with van der Waals surface area (Å²) in [6.45, 7) is 4.46. The number of carbonyl (C=O) groups is 1. The fourth-order valence-electron chi connectivity index (χ4n) is 2.55. The van der Waals surface area contributed by atoms with Crippen LogP contribution in [-0.4, -0.2) is 18.0 Å². The van der Waals surface area contributed by atoms with Crippen LogP contribution in [0.1, 0.15) is 26.5 Å².